The molecule has 0 saturated carbocycles. The van der Waals surface area contributed by atoms with Gasteiger partial charge in [-0.25, -0.2) is 13.2 Å². The molecule has 0 aliphatic rings. The van der Waals surface area contributed by atoms with Gasteiger partial charge in [-0.3, -0.25) is 0 Å². The SMILES string of the molecule is CNCc1cc(-c2cc(F)c(F)c(F)c2)ccc1OC. The topological polar surface area (TPSA) is 21.3 Å². The van der Waals surface area contributed by atoms with Gasteiger partial charge in [-0.2, -0.15) is 0 Å². The lowest BCUT2D eigenvalue weighted by molar-refractivity contribution is 0.408. The molecule has 0 fully saturated rings. The minimum Gasteiger partial charge on any atom is -0.496 e. The van der Waals surface area contributed by atoms with Gasteiger partial charge < -0.3 is 10.1 Å². The van der Waals surface area contributed by atoms with Crippen molar-refractivity contribution in [3.63, 3.8) is 0 Å². The van der Waals surface area contributed by atoms with E-state index in [1.165, 1.54) is 0 Å². The maximum absolute atomic E-state index is 13.3. The van der Waals surface area contributed by atoms with E-state index >= 15 is 0 Å². The Bertz CT molecular complexity index is 606. The van der Waals surface area contributed by atoms with Crippen molar-refractivity contribution >= 4 is 0 Å². The summed E-state index contributed by atoms with van der Waals surface area (Å²) in [6.07, 6.45) is 0. The normalized spacial score (nSPS) is 10.7. The highest BCUT2D eigenvalue weighted by Crippen LogP contribution is 2.28. The maximum Gasteiger partial charge on any atom is 0.194 e. The summed E-state index contributed by atoms with van der Waals surface area (Å²) in [5.41, 5.74) is 1.72. The number of hydrogen-bond donors (Lipinski definition) is 1. The first kappa shape index (κ1) is 14.4. The van der Waals surface area contributed by atoms with E-state index in [9.17, 15) is 13.2 Å². The Morgan fingerprint density at radius 3 is 2.20 bits per heavy atom. The lowest BCUT2D eigenvalue weighted by atomic mass is 10.0. The summed E-state index contributed by atoms with van der Waals surface area (Å²) in [5, 5.41) is 2.98. The molecule has 5 heteroatoms. The summed E-state index contributed by atoms with van der Waals surface area (Å²) in [6, 6.07) is 7.08. The van der Waals surface area contributed by atoms with Crippen LogP contribution in [-0.2, 0) is 6.54 Å². The average Bonchev–Trinajstić information content (AvgIpc) is 2.44. The molecule has 0 amide bonds. The Balaban J connectivity index is 2.50. The second kappa shape index (κ2) is 5.96. The number of ether oxygens (including phenoxy) is 1. The van der Waals surface area contributed by atoms with Crippen LogP contribution in [0.2, 0.25) is 0 Å². The van der Waals surface area contributed by atoms with Crippen molar-refractivity contribution < 1.29 is 17.9 Å². The van der Waals surface area contributed by atoms with Crippen LogP contribution in [0.15, 0.2) is 30.3 Å². The molecule has 0 atom stereocenters. The van der Waals surface area contributed by atoms with Crippen molar-refractivity contribution in [3.05, 3.63) is 53.3 Å². The van der Waals surface area contributed by atoms with E-state index in [1.54, 1.807) is 32.4 Å². The van der Waals surface area contributed by atoms with Gasteiger partial charge >= 0.3 is 0 Å². The summed E-state index contributed by atoms with van der Waals surface area (Å²) >= 11 is 0. The summed E-state index contributed by atoms with van der Waals surface area (Å²) in [7, 11) is 3.33. The summed E-state index contributed by atoms with van der Waals surface area (Å²) in [5.74, 6) is -3.19. The first-order valence-corrected chi connectivity index (χ1v) is 6.03. The molecule has 0 spiro atoms. The Labute approximate surface area is 115 Å². The van der Waals surface area contributed by atoms with Crippen molar-refractivity contribution in [1.82, 2.24) is 5.32 Å². The third-order valence-corrected chi connectivity index (χ3v) is 2.96. The van der Waals surface area contributed by atoms with E-state index < -0.39 is 17.5 Å². The van der Waals surface area contributed by atoms with Gasteiger partial charge in [-0.05, 0) is 42.4 Å². The van der Waals surface area contributed by atoms with E-state index in [2.05, 4.69) is 5.32 Å². The van der Waals surface area contributed by atoms with Gasteiger partial charge in [0.05, 0.1) is 7.11 Å². The molecular weight excluding hydrogens is 267 g/mol. The molecule has 0 aromatic heterocycles. The number of methoxy groups -OCH3 is 1. The van der Waals surface area contributed by atoms with Crippen LogP contribution < -0.4 is 10.1 Å². The van der Waals surface area contributed by atoms with Gasteiger partial charge in [-0.15, -0.1) is 0 Å². The van der Waals surface area contributed by atoms with Gasteiger partial charge in [0.25, 0.3) is 0 Å². The fourth-order valence-electron chi connectivity index (χ4n) is 2.01. The zero-order valence-electron chi connectivity index (χ0n) is 11.1. The predicted molar refractivity (Wildman–Crippen MR) is 71.1 cm³/mol. The summed E-state index contributed by atoms with van der Waals surface area (Å²) in [4.78, 5) is 0. The van der Waals surface area contributed by atoms with Crippen LogP contribution in [0.4, 0.5) is 13.2 Å². The van der Waals surface area contributed by atoms with Gasteiger partial charge in [-0.1, -0.05) is 6.07 Å². The Hall–Kier alpha value is -2.01. The smallest absolute Gasteiger partial charge is 0.194 e. The Morgan fingerprint density at radius 2 is 1.65 bits per heavy atom. The van der Waals surface area contributed by atoms with Gasteiger partial charge in [0, 0.05) is 12.1 Å². The largest absolute Gasteiger partial charge is 0.496 e. The second-order valence-electron chi connectivity index (χ2n) is 4.31. The molecule has 0 aliphatic heterocycles. The molecule has 1 N–H and O–H groups in total. The number of hydrogen-bond acceptors (Lipinski definition) is 2. The van der Waals surface area contributed by atoms with E-state index in [4.69, 9.17) is 4.74 Å². The van der Waals surface area contributed by atoms with Crippen LogP contribution in [0.1, 0.15) is 5.56 Å². The molecule has 0 bridgehead atoms. The lowest BCUT2D eigenvalue weighted by Crippen LogP contribution is -2.06. The van der Waals surface area contributed by atoms with Gasteiger partial charge in [0.15, 0.2) is 17.5 Å². The molecule has 0 saturated heterocycles. The second-order valence-corrected chi connectivity index (χ2v) is 4.31. The van der Waals surface area contributed by atoms with Crippen LogP contribution in [0.3, 0.4) is 0 Å². The van der Waals surface area contributed by atoms with Crippen molar-refractivity contribution in [1.29, 1.82) is 0 Å². The molecule has 2 aromatic rings. The zero-order chi connectivity index (χ0) is 14.7. The lowest BCUT2D eigenvalue weighted by Gasteiger charge is -2.11. The first-order valence-electron chi connectivity index (χ1n) is 6.03. The highest BCUT2D eigenvalue weighted by molar-refractivity contribution is 5.66. The molecular formula is C15H14F3NO. The first-order chi connectivity index (χ1) is 9.56. The van der Waals surface area contributed by atoms with Crippen molar-refractivity contribution in [2.24, 2.45) is 0 Å². The molecule has 2 rings (SSSR count). The molecule has 2 nitrogen and oxygen atoms in total. The molecule has 106 valence electrons. The fraction of sp³-hybridized carbons (Fsp3) is 0.200. The van der Waals surface area contributed by atoms with Gasteiger partial charge in [0.1, 0.15) is 5.75 Å². The number of rotatable bonds is 4. The number of benzene rings is 2. The highest BCUT2D eigenvalue weighted by Gasteiger charge is 2.12. The predicted octanol–water partition coefficient (Wildman–Crippen LogP) is 3.50. The van der Waals surface area contributed by atoms with Crippen molar-refractivity contribution in [2.75, 3.05) is 14.2 Å². The van der Waals surface area contributed by atoms with Crippen molar-refractivity contribution in [3.8, 4) is 16.9 Å². The average molecular weight is 281 g/mol. The minimum atomic E-state index is -1.46. The minimum absolute atomic E-state index is 0.279. The Kier molecular flexibility index (Phi) is 4.29. The molecule has 0 radical (unpaired) electrons. The maximum atomic E-state index is 13.3. The highest BCUT2D eigenvalue weighted by atomic mass is 19.2. The summed E-state index contributed by atoms with van der Waals surface area (Å²) < 4.78 is 44.7. The van der Waals surface area contributed by atoms with Crippen LogP contribution in [-0.4, -0.2) is 14.2 Å². The fourth-order valence-corrected chi connectivity index (χ4v) is 2.01. The number of halogens is 3. The quantitative estimate of drug-likeness (QED) is 0.866. The standard InChI is InChI=1S/C15H14F3NO/c1-19-8-11-5-9(3-4-14(11)20-2)10-6-12(16)15(18)13(17)7-10/h3-7,19H,8H2,1-2H3. The third kappa shape index (κ3) is 2.77. The van der Waals surface area contributed by atoms with Crippen molar-refractivity contribution in [2.45, 2.75) is 6.54 Å². The molecule has 0 aliphatic carbocycles. The van der Waals surface area contributed by atoms with E-state index in [0.717, 1.165) is 17.7 Å². The number of nitrogens with one attached hydrogen (secondary N) is 1. The van der Waals surface area contributed by atoms with Crippen LogP contribution in [0.5, 0.6) is 5.75 Å². The van der Waals surface area contributed by atoms with Crippen LogP contribution in [0, 0.1) is 17.5 Å². The molecule has 0 heterocycles. The van der Waals surface area contributed by atoms with E-state index in [-0.39, 0.29) is 5.56 Å². The molecule has 20 heavy (non-hydrogen) atoms. The van der Waals surface area contributed by atoms with E-state index in [0.29, 0.717) is 17.9 Å². The zero-order valence-corrected chi connectivity index (χ0v) is 11.1. The molecule has 2 aromatic carbocycles. The Morgan fingerprint density at radius 1 is 1.00 bits per heavy atom. The van der Waals surface area contributed by atoms with Crippen LogP contribution in [0.25, 0.3) is 11.1 Å². The van der Waals surface area contributed by atoms with Gasteiger partial charge in [0.2, 0.25) is 0 Å². The van der Waals surface area contributed by atoms with E-state index in [1.807, 2.05) is 0 Å². The summed E-state index contributed by atoms with van der Waals surface area (Å²) in [6.45, 7) is 0.545. The monoisotopic (exact) mass is 281 g/mol. The molecule has 0 unspecified atom stereocenters. The van der Waals surface area contributed by atoms with Crippen LogP contribution >= 0.6 is 0 Å². The third-order valence-electron chi connectivity index (χ3n) is 2.96.